The van der Waals surface area contributed by atoms with Crippen molar-refractivity contribution in [1.82, 2.24) is 4.90 Å². The Hall–Kier alpha value is -1.49. The number of anilines is 1. The molecule has 154 valence electrons. The van der Waals surface area contributed by atoms with Gasteiger partial charge in [-0.05, 0) is 43.4 Å². The number of hydrogen-bond acceptors (Lipinski definition) is 3. The second kappa shape index (κ2) is 10.3. The Morgan fingerprint density at radius 1 is 1.18 bits per heavy atom. The molecular formula is C23H35N3OS. The molecule has 5 heteroatoms. The van der Waals surface area contributed by atoms with E-state index in [-0.39, 0.29) is 12.1 Å². The lowest BCUT2D eigenvalue weighted by Gasteiger charge is -2.33. The molecule has 1 aliphatic heterocycles. The Kier molecular flexibility index (Phi) is 7.83. The van der Waals surface area contributed by atoms with Crippen molar-refractivity contribution in [3.05, 3.63) is 29.8 Å². The summed E-state index contributed by atoms with van der Waals surface area (Å²) < 4.78 is 0. The van der Waals surface area contributed by atoms with Gasteiger partial charge in [-0.1, -0.05) is 62.9 Å². The first kappa shape index (κ1) is 21.2. The highest BCUT2D eigenvalue weighted by Gasteiger charge is 2.34. The zero-order valence-corrected chi connectivity index (χ0v) is 18.5. The summed E-state index contributed by atoms with van der Waals surface area (Å²) in [5.74, 6) is 0.966. The van der Waals surface area contributed by atoms with E-state index < -0.39 is 0 Å². The third kappa shape index (κ3) is 5.31. The fourth-order valence-corrected chi connectivity index (χ4v) is 5.40. The lowest BCUT2D eigenvalue weighted by molar-refractivity contribution is -0.117. The normalized spacial score (nSPS) is 22.5. The van der Waals surface area contributed by atoms with Crippen molar-refractivity contribution in [2.75, 3.05) is 17.7 Å². The number of aryl methyl sites for hydroxylation is 1. The first-order valence-corrected chi connectivity index (χ1v) is 11.9. The van der Waals surface area contributed by atoms with Gasteiger partial charge in [-0.25, -0.2) is 0 Å². The minimum Gasteiger partial charge on any atom is -0.333 e. The summed E-state index contributed by atoms with van der Waals surface area (Å²) in [6, 6.07) is 9.00. The number of unbranched alkanes of at least 4 members (excludes halogenated alkanes) is 1. The van der Waals surface area contributed by atoms with Crippen LogP contribution in [0.5, 0.6) is 0 Å². The summed E-state index contributed by atoms with van der Waals surface area (Å²) in [5, 5.41) is 1.10. The first-order valence-electron chi connectivity index (χ1n) is 10.9. The fourth-order valence-electron chi connectivity index (χ4n) is 4.18. The molecule has 1 aliphatic carbocycles. The second-order valence-electron chi connectivity index (χ2n) is 8.12. The van der Waals surface area contributed by atoms with E-state index in [9.17, 15) is 4.79 Å². The molecule has 0 radical (unpaired) electrons. The molecule has 0 N–H and O–H groups in total. The lowest BCUT2D eigenvalue weighted by Crippen LogP contribution is -2.48. The van der Waals surface area contributed by atoms with Gasteiger partial charge in [0.25, 0.3) is 0 Å². The minimum atomic E-state index is 0.0357. The summed E-state index contributed by atoms with van der Waals surface area (Å²) >= 11 is 1.80. The number of aliphatic imine (C=N–C) groups is 1. The number of nitrogens with zero attached hydrogens (tertiary/aromatic N) is 3. The van der Waals surface area contributed by atoms with E-state index in [0.29, 0.717) is 6.04 Å². The molecule has 1 saturated carbocycles. The van der Waals surface area contributed by atoms with Crippen LogP contribution in [0.15, 0.2) is 29.3 Å². The van der Waals surface area contributed by atoms with Gasteiger partial charge in [0.05, 0.1) is 6.04 Å². The Labute approximate surface area is 174 Å². The van der Waals surface area contributed by atoms with Crippen molar-refractivity contribution in [2.24, 2.45) is 4.99 Å². The van der Waals surface area contributed by atoms with E-state index in [4.69, 9.17) is 4.99 Å². The van der Waals surface area contributed by atoms with Crippen LogP contribution >= 0.6 is 11.8 Å². The van der Waals surface area contributed by atoms with E-state index in [1.165, 1.54) is 56.9 Å². The molecule has 3 rings (SSSR count). The largest absolute Gasteiger partial charge is 0.333 e. The molecule has 0 bridgehead atoms. The molecule has 1 heterocycles. The Balaban J connectivity index is 1.72. The van der Waals surface area contributed by atoms with E-state index in [1.807, 2.05) is 4.90 Å². The molecule has 1 aromatic rings. The number of carbonyl (C=O) groups excluding carboxylic acids is 1. The zero-order valence-electron chi connectivity index (χ0n) is 17.7. The summed E-state index contributed by atoms with van der Waals surface area (Å²) in [6.07, 6.45) is 11.2. The fraction of sp³-hybridized carbons (Fsp3) is 0.652. The zero-order chi connectivity index (χ0) is 19.9. The average Bonchev–Trinajstić information content (AvgIpc) is 2.88. The number of amides is 1. The smallest absolute Gasteiger partial charge is 0.225 e. The van der Waals surface area contributed by atoms with Gasteiger partial charge in [-0.3, -0.25) is 14.7 Å². The highest BCUT2D eigenvalue weighted by molar-refractivity contribution is 8.14. The maximum absolute atomic E-state index is 12.5. The van der Waals surface area contributed by atoms with Crippen molar-refractivity contribution in [1.29, 1.82) is 0 Å². The molecule has 1 atom stereocenters. The lowest BCUT2D eigenvalue weighted by atomic mass is 10.1. The van der Waals surface area contributed by atoms with Gasteiger partial charge in [0.1, 0.15) is 6.17 Å². The third-order valence-corrected chi connectivity index (χ3v) is 7.02. The van der Waals surface area contributed by atoms with Crippen LogP contribution in [-0.2, 0) is 11.2 Å². The maximum Gasteiger partial charge on any atom is 0.225 e. The Morgan fingerprint density at radius 2 is 1.86 bits per heavy atom. The van der Waals surface area contributed by atoms with Crippen LogP contribution in [0.4, 0.5) is 5.69 Å². The molecule has 2 fully saturated rings. The van der Waals surface area contributed by atoms with Crippen molar-refractivity contribution in [3.8, 4) is 0 Å². The number of benzene rings is 1. The van der Waals surface area contributed by atoms with E-state index in [0.717, 1.165) is 23.0 Å². The van der Waals surface area contributed by atoms with E-state index in [2.05, 4.69) is 43.1 Å². The minimum absolute atomic E-state index is 0.0357. The molecular weight excluding hydrogens is 366 g/mol. The molecule has 1 amide bonds. The summed E-state index contributed by atoms with van der Waals surface area (Å²) in [5.41, 5.74) is 2.33. The highest BCUT2D eigenvalue weighted by Crippen LogP contribution is 2.31. The molecule has 1 aromatic carbocycles. The van der Waals surface area contributed by atoms with Gasteiger partial charge in [0.2, 0.25) is 5.91 Å². The van der Waals surface area contributed by atoms with Crippen LogP contribution in [0.25, 0.3) is 0 Å². The van der Waals surface area contributed by atoms with Gasteiger partial charge in [0, 0.05) is 25.4 Å². The Morgan fingerprint density at radius 3 is 2.46 bits per heavy atom. The van der Waals surface area contributed by atoms with Gasteiger partial charge in [-0.2, -0.15) is 0 Å². The second-order valence-corrected chi connectivity index (χ2v) is 9.11. The quantitative estimate of drug-likeness (QED) is 0.593. The number of carbonyl (C=O) groups is 1. The predicted octanol–water partition coefficient (Wildman–Crippen LogP) is 5.47. The molecule has 1 unspecified atom stereocenters. The molecule has 1 saturated heterocycles. The van der Waals surface area contributed by atoms with Crippen LogP contribution in [0.1, 0.15) is 70.8 Å². The van der Waals surface area contributed by atoms with Crippen molar-refractivity contribution >= 4 is 28.5 Å². The monoisotopic (exact) mass is 401 g/mol. The number of thioether (sulfide) groups is 1. The van der Waals surface area contributed by atoms with Gasteiger partial charge < -0.3 is 4.90 Å². The molecule has 4 nitrogen and oxygen atoms in total. The van der Waals surface area contributed by atoms with Crippen LogP contribution in [-0.4, -0.2) is 41.0 Å². The average molecular weight is 402 g/mol. The van der Waals surface area contributed by atoms with Gasteiger partial charge >= 0.3 is 0 Å². The number of amidine groups is 1. The summed E-state index contributed by atoms with van der Waals surface area (Å²) in [4.78, 5) is 21.8. The topological polar surface area (TPSA) is 35.9 Å². The van der Waals surface area contributed by atoms with Gasteiger partial charge in [-0.15, -0.1) is 0 Å². The van der Waals surface area contributed by atoms with E-state index in [1.54, 1.807) is 18.7 Å². The standard InChI is InChI=1S/C23H35N3OS/c1-4-5-10-19-13-15-21(16-14-19)26(18(2)27)22-17-28-23(25(22)3)24-20-11-8-6-7-9-12-20/h13-16,20,22H,4-12,17H2,1-3H3. The molecule has 28 heavy (non-hydrogen) atoms. The maximum atomic E-state index is 12.5. The first-order chi connectivity index (χ1) is 13.6. The summed E-state index contributed by atoms with van der Waals surface area (Å²) in [6.45, 7) is 3.89. The summed E-state index contributed by atoms with van der Waals surface area (Å²) in [7, 11) is 2.09. The Bertz CT molecular complexity index is 665. The van der Waals surface area contributed by atoms with Crippen molar-refractivity contribution in [3.63, 3.8) is 0 Å². The van der Waals surface area contributed by atoms with Crippen molar-refractivity contribution in [2.45, 2.75) is 83.8 Å². The third-order valence-electron chi connectivity index (χ3n) is 5.90. The predicted molar refractivity (Wildman–Crippen MR) is 121 cm³/mol. The van der Waals surface area contributed by atoms with Crippen LogP contribution in [0.3, 0.4) is 0 Å². The van der Waals surface area contributed by atoms with Crippen LogP contribution in [0, 0.1) is 0 Å². The SMILES string of the molecule is CCCCc1ccc(N(C(C)=O)C2CSC(=NC3CCCCCC3)N2C)cc1. The van der Waals surface area contributed by atoms with Crippen LogP contribution < -0.4 is 4.90 Å². The van der Waals surface area contributed by atoms with E-state index >= 15 is 0 Å². The van der Waals surface area contributed by atoms with Gasteiger partial charge in [0.15, 0.2) is 5.17 Å². The molecule has 2 aliphatic rings. The molecule has 0 spiro atoms. The highest BCUT2D eigenvalue weighted by atomic mass is 32.2. The molecule has 0 aromatic heterocycles. The van der Waals surface area contributed by atoms with Crippen LogP contribution in [0.2, 0.25) is 0 Å². The number of rotatable bonds is 6. The number of hydrogen-bond donors (Lipinski definition) is 0. The van der Waals surface area contributed by atoms with Crippen molar-refractivity contribution < 1.29 is 4.79 Å².